The van der Waals surface area contributed by atoms with Crippen LogP contribution in [-0.4, -0.2) is 10.2 Å². The quantitative estimate of drug-likeness (QED) is 0.824. The summed E-state index contributed by atoms with van der Waals surface area (Å²) in [6, 6.07) is 6.01. The van der Waals surface area contributed by atoms with Gasteiger partial charge < -0.3 is 5.73 Å². The smallest absolute Gasteiger partial charge is 0.123 e. The van der Waals surface area contributed by atoms with E-state index in [4.69, 9.17) is 17.3 Å². The van der Waals surface area contributed by atoms with Gasteiger partial charge in [-0.3, -0.25) is 5.10 Å². The van der Waals surface area contributed by atoms with Gasteiger partial charge in [-0.25, -0.2) is 4.39 Å². The normalized spacial score (nSPS) is 10.6. The Morgan fingerprint density at radius 3 is 2.53 bits per heavy atom. The zero-order valence-corrected chi connectivity index (χ0v) is 8.55. The van der Waals surface area contributed by atoms with Crippen molar-refractivity contribution in [2.24, 2.45) is 5.73 Å². The van der Waals surface area contributed by atoms with Crippen molar-refractivity contribution in [1.82, 2.24) is 10.2 Å². The Bertz CT molecular complexity index is 464. The van der Waals surface area contributed by atoms with E-state index in [1.54, 1.807) is 12.1 Å². The third kappa shape index (κ3) is 1.86. The van der Waals surface area contributed by atoms with Crippen LogP contribution in [0.1, 0.15) is 5.69 Å². The van der Waals surface area contributed by atoms with E-state index < -0.39 is 0 Å². The molecule has 0 unspecified atom stereocenters. The van der Waals surface area contributed by atoms with Gasteiger partial charge in [-0.2, -0.15) is 5.10 Å². The highest BCUT2D eigenvalue weighted by atomic mass is 35.5. The highest BCUT2D eigenvalue weighted by Gasteiger charge is 2.11. The van der Waals surface area contributed by atoms with E-state index in [-0.39, 0.29) is 12.4 Å². The molecular weight excluding hydrogens is 217 g/mol. The van der Waals surface area contributed by atoms with Crippen molar-refractivity contribution in [1.29, 1.82) is 0 Å². The summed E-state index contributed by atoms with van der Waals surface area (Å²) in [6.07, 6.45) is 0. The molecule has 2 aromatic rings. The molecule has 3 N–H and O–H groups in total. The Morgan fingerprint density at radius 2 is 2.00 bits per heavy atom. The maximum Gasteiger partial charge on any atom is 0.123 e. The van der Waals surface area contributed by atoms with Crippen LogP contribution in [0.3, 0.4) is 0 Å². The highest BCUT2D eigenvalue weighted by molar-refractivity contribution is 6.33. The van der Waals surface area contributed by atoms with Gasteiger partial charge in [0.1, 0.15) is 5.82 Å². The number of hydrogen-bond donors (Lipinski definition) is 2. The lowest BCUT2D eigenvalue weighted by Gasteiger charge is -1.98. The number of nitrogens with zero attached hydrogens (tertiary/aromatic N) is 1. The summed E-state index contributed by atoms with van der Waals surface area (Å²) >= 11 is 6.03. The third-order valence-corrected chi connectivity index (χ3v) is 2.51. The second-order valence-corrected chi connectivity index (χ2v) is 3.45. The Hall–Kier alpha value is -1.39. The monoisotopic (exact) mass is 225 g/mol. The largest absolute Gasteiger partial charge is 0.325 e. The van der Waals surface area contributed by atoms with Crippen LogP contribution < -0.4 is 5.73 Å². The number of aromatic amines is 1. The number of H-pyrrole nitrogens is 1. The first-order valence-electron chi connectivity index (χ1n) is 4.41. The molecule has 15 heavy (non-hydrogen) atoms. The summed E-state index contributed by atoms with van der Waals surface area (Å²) in [5.41, 5.74) is 7.50. The second kappa shape index (κ2) is 4.00. The summed E-state index contributed by atoms with van der Waals surface area (Å²) in [4.78, 5) is 0. The van der Waals surface area contributed by atoms with Crippen LogP contribution >= 0.6 is 11.6 Å². The lowest BCUT2D eigenvalue weighted by atomic mass is 10.1. The Labute approximate surface area is 91.1 Å². The molecule has 0 saturated heterocycles. The number of aromatic nitrogens is 2. The van der Waals surface area contributed by atoms with E-state index in [1.165, 1.54) is 12.1 Å². The van der Waals surface area contributed by atoms with Gasteiger partial charge >= 0.3 is 0 Å². The van der Waals surface area contributed by atoms with Crippen LogP contribution in [0.15, 0.2) is 24.3 Å². The fraction of sp³-hybridized carbons (Fsp3) is 0.100. The average molecular weight is 226 g/mol. The molecule has 0 fully saturated rings. The minimum absolute atomic E-state index is 0.274. The lowest BCUT2D eigenvalue weighted by molar-refractivity contribution is 0.628. The summed E-state index contributed by atoms with van der Waals surface area (Å²) in [5.74, 6) is -0.284. The predicted molar refractivity (Wildman–Crippen MR) is 56.9 cm³/mol. The first kappa shape index (κ1) is 10.1. The molecule has 2 rings (SSSR count). The molecule has 0 atom stereocenters. The molecule has 0 aliphatic rings. The Morgan fingerprint density at radius 1 is 1.33 bits per heavy atom. The Kier molecular flexibility index (Phi) is 2.70. The molecule has 0 amide bonds. The van der Waals surface area contributed by atoms with Crippen molar-refractivity contribution >= 4 is 11.6 Å². The van der Waals surface area contributed by atoms with Crippen LogP contribution in [0.4, 0.5) is 4.39 Å². The van der Waals surface area contributed by atoms with Crippen LogP contribution in [0.5, 0.6) is 0 Å². The van der Waals surface area contributed by atoms with Crippen LogP contribution in [0, 0.1) is 5.82 Å². The number of hydrogen-bond acceptors (Lipinski definition) is 2. The van der Waals surface area contributed by atoms with Crippen molar-refractivity contribution in [3.8, 4) is 11.3 Å². The standard InChI is InChI=1S/C10H9ClFN3/c11-9-8(5-13)14-15-10(9)6-1-3-7(12)4-2-6/h1-4H,5,13H2,(H,14,15). The second-order valence-electron chi connectivity index (χ2n) is 3.07. The number of halogens is 2. The highest BCUT2D eigenvalue weighted by Crippen LogP contribution is 2.28. The molecule has 0 bridgehead atoms. The minimum Gasteiger partial charge on any atom is -0.325 e. The molecular formula is C10H9ClFN3. The average Bonchev–Trinajstić information content (AvgIpc) is 2.61. The van der Waals surface area contributed by atoms with E-state index in [0.717, 1.165) is 5.56 Å². The van der Waals surface area contributed by atoms with Crippen LogP contribution in [-0.2, 0) is 6.54 Å². The number of benzene rings is 1. The van der Waals surface area contributed by atoms with Crippen molar-refractivity contribution in [3.63, 3.8) is 0 Å². The number of nitrogens with two attached hydrogens (primary N) is 1. The molecule has 1 aromatic heterocycles. The van der Waals surface area contributed by atoms with E-state index in [1.807, 2.05) is 0 Å². The van der Waals surface area contributed by atoms with Gasteiger partial charge in [0.15, 0.2) is 0 Å². The maximum atomic E-state index is 12.7. The van der Waals surface area contributed by atoms with Crippen molar-refractivity contribution in [2.75, 3.05) is 0 Å². The van der Waals surface area contributed by atoms with Gasteiger partial charge in [0.25, 0.3) is 0 Å². The zero-order valence-electron chi connectivity index (χ0n) is 7.80. The summed E-state index contributed by atoms with van der Waals surface area (Å²) in [6.45, 7) is 0.274. The van der Waals surface area contributed by atoms with E-state index in [0.29, 0.717) is 16.4 Å². The summed E-state index contributed by atoms with van der Waals surface area (Å²) in [5, 5.41) is 7.22. The van der Waals surface area contributed by atoms with Gasteiger partial charge in [0, 0.05) is 12.1 Å². The molecule has 0 saturated carbocycles. The molecule has 5 heteroatoms. The van der Waals surface area contributed by atoms with Gasteiger partial charge in [0.2, 0.25) is 0 Å². The molecule has 0 radical (unpaired) electrons. The van der Waals surface area contributed by atoms with Crippen molar-refractivity contribution < 1.29 is 4.39 Å². The minimum atomic E-state index is -0.284. The van der Waals surface area contributed by atoms with Gasteiger partial charge in [-0.15, -0.1) is 0 Å². The first-order chi connectivity index (χ1) is 7.22. The van der Waals surface area contributed by atoms with Crippen LogP contribution in [0.25, 0.3) is 11.3 Å². The first-order valence-corrected chi connectivity index (χ1v) is 4.79. The molecule has 1 aromatic carbocycles. The van der Waals surface area contributed by atoms with Crippen molar-refractivity contribution in [3.05, 3.63) is 40.8 Å². The fourth-order valence-corrected chi connectivity index (χ4v) is 1.58. The van der Waals surface area contributed by atoms with Gasteiger partial charge in [-0.1, -0.05) is 11.6 Å². The van der Waals surface area contributed by atoms with E-state index in [9.17, 15) is 4.39 Å². The number of nitrogens with one attached hydrogen (secondary N) is 1. The summed E-state index contributed by atoms with van der Waals surface area (Å²) in [7, 11) is 0. The van der Waals surface area contributed by atoms with Crippen LogP contribution in [0.2, 0.25) is 5.02 Å². The van der Waals surface area contributed by atoms with E-state index >= 15 is 0 Å². The SMILES string of the molecule is NCc1n[nH]c(-c2ccc(F)cc2)c1Cl. The topological polar surface area (TPSA) is 54.7 Å². The molecule has 78 valence electrons. The molecule has 0 spiro atoms. The molecule has 1 heterocycles. The van der Waals surface area contributed by atoms with Gasteiger partial charge in [-0.05, 0) is 24.3 Å². The predicted octanol–water partition coefficient (Wildman–Crippen LogP) is 2.33. The number of rotatable bonds is 2. The molecule has 3 nitrogen and oxygen atoms in total. The Balaban J connectivity index is 2.45. The zero-order chi connectivity index (χ0) is 10.8. The fourth-order valence-electron chi connectivity index (χ4n) is 1.31. The maximum absolute atomic E-state index is 12.7. The lowest BCUT2D eigenvalue weighted by Crippen LogP contribution is -1.96. The molecule has 0 aliphatic heterocycles. The van der Waals surface area contributed by atoms with Crippen molar-refractivity contribution in [2.45, 2.75) is 6.54 Å². The van der Waals surface area contributed by atoms with Gasteiger partial charge in [0.05, 0.1) is 16.4 Å². The summed E-state index contributed by atoms with van der Waals surface area (Å²) < 4.78 is 12.7. The van der Waals surface area contributed by atoms with E-state index in [2.05, 4.69) is 10.2 Å². The third-order valence-electron chi connectivity index (χ3n) is 2.10. The molecule has 0 aliphatic carbocycles.